The van der Waals surface area contributed by atoms with E-state index >= 15 is 0 Å². The van der Waals surface area contributed by atoms with E-state index in [1.807, 2.05) is 0 Å². The van der Waals surface area contributed by atoms with Crippen molar-refractivity contribution in [1.29, 1.82) is 0 Å². The number of carbonyl (C=O) groups is 1. The number of rotatable bonds is 2. The summed E-state index contributed by atoms with van der Waals surface area (Å²) < 4.78 is 5.02. The molecular formula is C14H20N2O2S. The first-order chi connectivity index (χ1) is 9.08. The van der Waals surface area contributed by atoms with E-state index in [1.54, 1.807) is 12.1 Å². The van der Waals surface area contributed by atoms with Gasteiger partial charge in [0, 0.05) is 6.04 Å². The maximum absolute atomic E-state index is 11.8. The number of amides is 1. The van der Waals surface area contributed by atoms with E-state index in [0.29, 0.717) is 23.0 Å². The van der Waals surface area contributed by atoms with Crippen LogP contribution in [0.15, 0.2) is 22.8 Å². The fraction of sp³-hybridized carbons (Fsp3) is 0.571. The van der Waals surface area contributed by atoms with Crippen LogP contribution in [0, 0.1) is 11.8 Å². The number of hydrogen-bond donors (Lipinski definition) is 2. The molecule has 0 aromatic carbocycles. The Balaban J connectivity index is 1.86. The van der Waals surface area contributed by atoms with Gasteiger partial charge in [0.1, 0.15) is 0 Å². The third kappa shape index (κ3) is 3.56. The summed E-state index contributed by atoms with van der Waals surface area (Å²) in [5.41, 5.74) is 0. The summed E-state index contributed by atoms with van der Waals surface area (Å²) in [7, 11) is 0. The SMILES string of the molecule is C[C@@H]1[C@@H](NC(=S)NC(=O)c2ccco2)CCC[C@@H]1C. The average Bonchev–Trinajstić information content (AvgIpc) is 2.88. The first-order valence-corrected chi connectivity index (χ1v) is 7.14. The second kappa shape index (κ2) is 6.19. The second-order valence-corrected chi connectivity index (χ2v) is 5.69. The molecule has 1 aromatic heterocycles. The van der Waals surface area contributed by atoms with Crippen molar-refractivity contribution < 1.29 is 9.21 Å². The molecule has 1 heterocycles. The lowest BCUT2D eigenvalue weighted by Crippen LogP contribution is -2.49. The third-order valence-corrected chi connectivity index (χ3v) is 4.22. The Kier molecular flexibility index (Phi) is 4.58. The van der Waals surface area contributed by atoms with Crippen molar-refractivity contribution in [3.05, 3.63) is 24.2 Å². The lowest BCUT2D eigenvalue weighted by molar-refractivity contribution is 0.0948. The molecule has 0 aliphatic heterocycles. The highest BCUT2D eigenvalue weighted by molar-refractivity contribution is 7.80. The predicted molar refractivity (Wildman–Crippen MR) is 77.9 cm³/mol. The van der Waals surface area contributed by atoms with E-state index in [2.05, 4.69) is 24.5 Å². The zero-order chi connectivity index (χ0) is 13.8. The Morgan fingerprint density at radius 1 is 1.42 bits per heavy atom. The van der Waals surface area contributed by atoms with Gasteiger partial charge in [-0.3, -0.25) is 10.1 Å². The fourth-order valence-electron chi connectivity index (χ4n) is 2.56. The van der Waals surface area contributed by atoms with Crippen molar-refractivity contribution in [3.63, 3.8) is 0 Å². The molecule has 4 nitrogen and oxygen atoms in total. The van der Waals surface area contributed by atoms with Crippen LogP contribution in [0.4, 0.5) is 0 Å². The third-order valence-electron chi connectivity index (χ3n) is 4.00. The number of furan rings is 1. The van der Waals surface area contributed by atoms with E-state index in [0.717, 1.165) is 6.42 Å². The van der Waals surface area contributed by atoms with Crippen LogP contribution in [0.25, 0.3) is 0 Å². The molecule has 1 aliphatic rings. The molecule has 2 rings (SSSR count). The molecule has 19 heavy (non-hydrogen) atoms. The van der Waals surface area contributed by atoms with Gasteiger partial charge in [0.2, 0.25) is 0 Å². The summed E-state index contributed by atoms with van der Waals surface area (Å²) in [5, 5.41) is 6.28. The molecule has 104 valence electrons. The zero-order valence-electron chi connectivity index (χ0n) is 11.3. The van der Waals surface area contributed by atoms with Gasteiger partial charge >= 0.3 is 0 Å². The van der Waals surface area contributed by atoms with Crippen LogP contribution in [0.2, 0.25) is 0 Å². The highest BCUT2D eigenvalue weighted by Crippen LogP contribution is 2.29. The summed E-state index contributed by atoms with van der Waals surface area (Å²) in [4.78, 5) is 11.8. The molecule has 0 saturated heterocycles. The summed E-state index contributed by atoms with van der Waals surface area (Å²) in [5.74, 6) is 1.22. The molecule has 0 bridgehead atoms. The Labute approximate surface area is 118 Å². The van der Waals surface area contributed by atoms with Gasteiger partial charge in [-0.15, -0.1) is 0 Å². The minimum atomic E-state index is -0.306. The summed E-state index contributed by atoms with van der Waals surface area (Å²) >= 11 is 5.19. The summed E-state index contributed by atoms with van der Waals surface area (Å²) in [6, 6.07) is 3.63. The molecule has 1 aliphatic carbocycles. The van der Waals surface area contributed by atoms with E-state index in [1.165, 1.54) is 19.1 Å². The largest absolute Gasteiger partial charge is 0.459 e. The van der Waals surface area contributed by atoms with Crippen molar-refractivity contribution in [2.24, 2.45) is 11.8 Å². The molecule has 0 spiro atoms. The van der Waals surface area contributed by atoms with E-state index < -0.39 is 0 Å². The summed E-state index contributed by atoms with van der Waals surface area (Å²) in [6.07, 6.45) is 5.04. The van der Waals surface area contributed by atoms with Crippen LogP contribution < -0.4 is 10.6 Å². The van der Waals surface area contributed by atoms with Gasteiger partial charge < -0.3 is 9.73 Å². The van der Waals surface area contributed by atoms with E-state index in [4.69, 9.17) is 16.6 Å². The second-order valence-electron chi connectivity index (χ2n) is 5.28. The molecule has 1 fully saturated rings. The molecule has 0 radical (unpaired) electrons. The smallest absolute Gasteiger partial charge is 0.293 e. The highest BCUT2D eigenvalue weighted by atomic mass is 32.1. The monoisotopic (exact) mass is 280 g/mol. The number of nitrogens with one attached hydrogen (secondary N) is 2. The van der Waals surface area contributed by atoms with Crippen LogP contribution in [0.3, 0.4) is 0 Å². The van der Waals surface area contributed by atoms with Crippen LogP contribution >= 0.6 is 12.2 Å². The average molecular weight is 280 g/mol. The van der Waals surface area contributed by atoms with Crippen LogP contribution in [0.5, 0.6) is 0 Å². The van der Waals surface area contributed by atoms with Gasteiger partial charge in [-0.05, 0) is 42.6 Å². The Morgan fingerprint density at radius 3 is 2.89 bits per heavy atom. The van der Waals surface area contributed by atoms with Crippen LogP contribution in [-0.2, 0) is 0 Å². The van der Waals surface area contributed by atoms with Crippen molar-refractivity contribution in [2.75, 3.05) is 0 Å². The molecule has 1 amide bonds. The van der Waals surface area contributed by atoms with E-state index in [-0.39, 0.29) is 11.7 Å². The number of carbonyl (C=O) groups excluding carboxylic acids is 1. The van der Waals surface area contributed by atoms with Gasteiger partial charge in [0.15, 0.2) is 10.9 Å². The molecule has 2 N–H and O–H groups in total. The molecule has 1 saturated carbocycles. The van der Waals surface area contributed by atoms with Gasteiger partial charge in [-0.25, -0.2) is 0 Å². The topological polar surface area (TPSA) is 54.3 Å². The first kappa shape index (κ1) is 14.1. The number of thiocarbonyl (C=S) groups is 1. The predicted octanol–water partition coefficient (Wildman–Crippen LogP) is 2.71. The van der Waals surface area contributed by atoms with E-state index in [9.17, 15) is 4.79 Å². The van der Waals surface area contributed by atoms with Crippen molar-refractivity contribution in [2.45, 2.75) is 39.2 Å². The van der Waals surface area contributed by atoms with Gasteiger partial charge in [0.25, 0.3) is 5.91 Å². The zero-order valence-corrected chi connectivity index (χ0v) is 12.1. The van der Waals surface area contributed by atoms with Gasteiger partial charge in [-0.1, -0.05) is 26.7 Å². The standard InChI is InChI=1S/C14H20N2O2S/c1-9-5-3-6-11(10(9)2)15-14(19)16-13(17)12-7-4-8-18-12/h4,7-11H,3,5-6H2,1-2H3,(H2,15,16,17,19)/t9-,10-,11-/m0/s1. The van der Waals surface area contributed by atoms with Crippen LogP contribution in [0.1, 0.15) is 43.7 Å². The Bertz CT molecular complexity index is 444. The molecular weight excluding hydrogens is 260 g/mol. The molecule has 3 atom stereocenters. The van der Waals surface area contributed by atoms with Crippen molar-refractivity contribution in [3.8, 4) is 0 Å². The highest BCUT2D eigenvalue weighted by Gasteiger charge is 2.27. The van der Waals surface area contributed by atoms with Gasteiger partial charge in [-0.2, -0.15) is 0 Å². The molecule has 5 heteroatoms. The fourth-order valence-corrected chi connectivity index (χ4v) is 2.81. The quantitative estimate of drug-likeness (QED) is 0.818. The Morgan fingerprint density at radius 2 is 2.21 bits per heavy atom. The minimum Gasteiger partial charge on any atom is -0.459 e. The van der Waals surface area contributed by atoms with Crippen molar-refractivity contribution >= 4 is 23.2 Å². The van der Waals surface area contributed by atoms with Crippen molar-refractivity contribution in [1.82, 2.24) is 10.6 Å². The number of hydrogen-bond acceptors (Lipinski definition) is 3. The first-order valence-electron chi connectivity index (χ1n) is 6.73. The lowest BCUT2D eigenvalue weighted by atomic mass is 9.78. The van der Waals surface area contributed by atoms with Crippen LogP contribution in [-0.4, -0.2) is 17.1 Å². The summed E-state index contributed by atoms with van der Waals surface area (Å²) in [6.45, 7) is 4.50. The molecule has 0 unspecified atom stereocenters. The Hall–Kier alpha value is -1.36. The van der Waals surface area contributed by atoms with Gasteiger partial charge in [0.05, 0.1) is 6.26 Å². The normalized spacial score (nSPS) is 26.7. The lowest BCUT2D eigenvalue weighted by Gasteiger charge is -2.35. The minimum absolute atomic E-state index is 0.272. The maximum atomic E-state index is 11.8. The maximum Gasteiger partial charge on any atom is 0.293 e. The molecule has 1 aromatic rings.